The third kappa shape index (κ3) is 2.41. The van der Waals surface area contributed by atoms with E-state index in [0.29, 0.717) is 27.6 Å². The molecule has 0 bridgehead atoms. The van der Waals surface area contributed by atoms with Gasteiger partial charge in [-0.1, -0.05) is 17.7 Å². The summed E-state index contributed by atoms with van der Waals surface area (Å²) in [5, 5.41) is 0.352. The summed E-state index contributed by atoms with van der Waals surface area (Å²) in [6.45, 7) is 0. The molecule has 0 saturated carbocycles. The van der Waals surface area contributed by atoms with Gasteiger partial charge in [0.15, 0.2) is 0 Å². The summed E-state index contributed by atoms with van der Waals surface area (Å²) < 4.78 is 24.1. The Morgan fingerprint density at radius 3 is 2.11 bits per heavy atom. The molecular weight excluding hydrogens is 255 g/mol. The molecule has 0 spiro atoms. The normalized spacial score (nSPS) is 10.2. The molecule has 4 heteroatoms. The summed E-state index contributed by atoms with van der Waals surface area (Å²) in [6.07, 6.45) is 0. The summed E-state index contributed by atoms with van der Waals surface area (Å²) in [5.41, 5.74) is 0.964. The van der Waals surface area contributed by atoms with Crippen LogP contribution >= 0.6 is 11.6 Å². The maximum atomic E-state index is 13.8. The molecule has 0 aliphatic heterocycles. The fraction of sp³-hybridized carbons (Fsp3) is 0.143. The zero-order valence-corrected chi connectivity index (χ0v) is 10.8. The molecule has 0 radical (unpaired) electrons. The van der Waals surface area contributed by atoms with E-state index in [1.54, 1.807) is 44.6 Å². The highest BCUT2D eigenvalue weighted by molar-refractivity contribution is 6.33. The lowest BCUT2D eigenvalue weighted by Gasteiger charge is -2.10. The molecule has 0 fully saturated rings. The molecule has 2 aromatic carbocycles. The van der Waals surface area contributed by atoms with Gasteiger partial charge in [-0.3, -0.25) is 0 Å². The van der Waals surface area contributed by atoms with Crippen molar-refractivity contribution in [2.24, 2.45) is 0 Å². The molecule has 0 N–H and O–H groups in total. The first kappa shape index (κ1) is 12.7. The molecule has 0 heterocycles. The lowest BCUT2D eigenvalue weighted by Crippen LogP contribution is -1.91. The molecule has 0 unspecified atom stereocenters. The van der Waals surface area contributed by atoms with Crippen molar-refractivity contribution in [2.45, 2.75) is 0 Å². The lowest BCUT2D eigenvalue weighted by molar-refractivity contribution is 0.394. The molecule has 94 valence electrons. The van der Waals surface area contributed by atoms with Gasteiger partial charge in [0.2, 0.25) is 0 Å². The number of halogens is 2. The summed E-state index contributed by atoms with van der Waals surface area (Å²) in [4.78, 5) is 0. The largest absolute Gasteiger partial charge is 0.497 e. The molecule has 0 saturated heterocycles. The molecule has 0 aliphatic rings. The van der Waals surface area contributed by atoms with Gasteiger partial charge in [-0.15, -0.1) is 0 Å². The Labute approximate surface area is 110 Å². The number of benzene rings is 2. The van der Waals surface area contributed by atoms with Crippen LogP contribution in [0, 0.1) is 5.82 Å². The van der Waals surface area contributed by atoms with Gasteiger partial charge in [0.1, 0.15) is 17.3 Å². The van der Waals surface area contributed by atoms with Crippen molar-refractivity contribution in [2.75, 3.05) is 14.2 Å². The highest BCUT2D eigenvalue weighted by Crippen LogP contribution is 2.35. The second kappa shape index (κ2) is 5.27. The van der Waals surface area contributed by atoms with E-state index in [-0.39, 0.29) is 5.82 Å². The van der Waals surface area contributed by atoms with Crippen molar-refractivity contribution in [3.05, 3.63) is 47.2 Å². The van der Waals surface area contributed by atoms with Crippen molar-refractivity contribution in [3.8, 4) is 22.6 Å². The van der Waals surface area contributed by atoms with E-state index in [1.807, 2.05) is 0 Å². The zero-order chi connectivity index (χ0) is 13.1. The highest BCUT2D eigenvalue weighted by atomic mass is 35.5. The predicted octanol–water partition coefficient (Wildman–Crippen LogP) is 4.16. The van der Waals surface area contributed by atoms with E-state index >= 15 is 0 Å². The smallest absolute Gasteiger partial charge is 0.132 e. The first-order valence-corrected chi connectivity index (χ1v) is 5.71. The van der Waals surface area contributed by atoms with Crippen molar-refractivity contribution in [1.29, 1.82) is 0 Å². The fourth-order valence-electron chi connectivity index (χ4n) is 1.73. The van der Waals surface area contributed by atoms with Crippen LogP contribution in [0.5, 0.6) is 11.5 Å². The molecule has 2 rings (SSSR count). The van der Waals surface area contributed by atoms with Crippen molar-refractivity contribution >= 4 is 11.6 Å². The van der Waals surface area contributed by atoms with Gasteiger partial charge in [-0.2, -0.15) is 0 Å². The number of hydrogen-bond donors (Lipinski definition) is 0. The molecule has 2 nitrogen and oxygen atoms in total. The minimum absolute atomic E-state index is 0.344. The van der Waals surface area contributed by atoms with E-state index in [1.165, 1.54) is 6.07 Å². The zero-order valence-electron chi connectivity index (χ0n) is 10.0. The monoisotopic (exact) mass is 266 g/mol. The number of ether oxygens (including phenoxy) is 2. The second-order valence-corrected chi connectivity index (χ2v) is 4.11. The summed E-state index contributed by atoms with van der Waals surface area (Å²) in [7, 11) is 3.09. The minimum atomic E-state index is -0.377. The lowest BCUT2D eigenvalue weighted by atomic mass is 10.0. The average Bonchev–Trinajstić information content (AvgIpc) is 2.38. The predicted molar refractivity (Wildman–Crippen MR) is 70.0 cm³/mol. The summed E-state index contributed by atoms with van der Waals surface area (Å²) in [5.74, 6) is 0.796. The third-order valence-corrected chi connectivity index (χ3v) is 2.92. The molecule has 0 aliphatic carbocycles. The summed E-state index contributed by atoms with van der Waals surface area (Å²) in [6, 6.07) is 9.73. The molecule has 0 amide bonds. The average molecular weight is 267 g/mol. The van der Waals surface area contributed by atoms with E-state index in [4.69, 9.17) is 21.1 Å². The van der Waals surface area contributed by atoms with Crippen LogP contribution < -0.4 is 9.47 Å². The fourth-order valence-corrected chi connectivity index (χ4v) is 2.00. The Bertz CT molecular complexity index is 527. The van der Waals surface area contributed by atoms with Crippen molar-refractivity contribution < 1.29 is 13.9 Å². The number of hydrogen-bond acceptors (Lipinski definition) is 2. The molecule has 0 atom stereocenters. The standard InChI is InChI=1S/C14H12ClFO2/c1-17-10-6-9(7-11(8-10)18-2)14-12(15)4-3-5-13(14)16/h3-8H,1-2H3. The highest BCUT2D eigenvalue weighted by Gasteiger charge is 2.12. The van der Waals surface area contributed by atoms with Crippen LogP contribution in [0.3, 0.4) is 0 Å². The van der Waals surface area contributed by atoms with Gasteiger partial charge >= 0.3 is 0 Å². The second-order valence-electron chi connectivity index (χ2n) is 3.70. The van der Waals surface area contributed by atoms with Crippen LogP contribution in [0.1, 0.15) is 0 Å². The van der Waals surface area contributed by atoms with Crippen LogP contribution in [0.15, 0.2) is 36.4 Å². The molecule has 2 aromatic rings. The maximum absolute atomic E-state index is 13.8. The van der Waals surface area contributed by atoms with Crippen LogP contribution in [0.4, 0.5) is 4.39 Å². The first-order chi connectivity index (χ1) is 8.65. The van der Waals surface area contributed by atoms with Gasteiger partial charge in [0.25, 0.3) is 0 Å². The Kier molecular flexibility index (Phi) is 3.72. The molecule has 18 heavy (non-hydrogen) atoms. The molecule has 0 aromatic heterocycles. The Hall–Kier alpha value is -1.74. The van der Waals surface area contributed by atoms with Crippen molar-refractivity contribution in [1.82, 2.24) is 0 Å². The Morgan fingerprint density at radius 1 is 1.00 bits per heavy atom. The third-order valence-electron chi connectivity index (χ3n) is 2.60. The topological polar surface area (TPSA) is 18.5 Å². The van der Waals surface area contributed by atoms with Gasteiger partial charge in [-0.05, 0) is 29.8 Å². The Morgan fingerprint density at radius 2 is 1.61 bits per heavy atom. The van der Waals surface area contributed by atoms with E-state index in [9.17, 15) is 4.39 Å². The van der Waals surface area contributed by atoms with Gasteiger partial charge < -0.3 is 9.47 Å². The number of methoxy groups -OCH3 is 2. The van der Waals surface area contributed by atoms with Gasteiger partial charge in [0.05, 0.1) is 19.2 Å². The van der Waals surface area contributed by atoms with E-state index in [0.717, 1.165) is 0 Å². The maximum Gasteiger partial charge on any atom is 0.132 e. The first-order valence-electron chi connectivity index (χ1n) is 5.33. The van der Waals surface area contributed by atoms with Crippen LogP contribution in [0.25, 0.3) is 11.1 Å². The van der Waals surface area contributed by atoms with E-state index in [2.05, 4.69) is 0 Å². The quantitative estimate of drug-likeness (QED) is 0.830. The Balaban J connectivity index is 2.63. The SMILES string of the molecule is COc1cc(OC)cc(-c2c(F)cccc2Cl)c1. The van der Waals surface area contributed by atoms with Crippen LogP contribution in [-0.4, -0.2) is 14.2 Å². The summed E-state index contributed by atoms with van der Waals surface area (Å²) >= 11 is 6.03. The minimum Gasteiger partial charge on any atom is -0.497 e. The van der Waals surface area contributed by atoms with Crippen molar-refractivity contribution in [3.63, 3.8) is 0 Å². The number of rotatable bonds is 3. The van der Waals surface area contributed by atoms with Crippen LogP contribution in [0.2, 0.25) is 5.02 Å². The van der Waals surface area contributed by atoms with Gasteiger partial charge in [-0.25, -0.2) is 4.39 Å². The van der Waals surface area contributed by atoms with E-state index < -0.39 is 0 Å². The van der Waals surface area contributed by atoms with Crippen LogP contribution in [-0.2, 0) is 0 Å². The molecular formula is C14H12ClFO2. The van der Waals surface area contributed by atoms with Gasteiger partial charge in [0, 0.05) is 11.6 Å².